The minimum absolute atomic E-state index is 0.0121. The normalized spacial score (nSPS) is 16.7. The van der Waals surface area contributed by atoms with Crippen molar-refractivity contribution in [3.8, 4) is 5.75 Å². The number of carbonyl (C=O) groups excluding carboxylic acids is 2. The maximum atomic E-state index is 13.1. The molecule has 0 spiro atoms. The van der Waals surface area contributed by atoms with Gasteiger partial charge in [-0.1, -0.05) is 30.3 Å². The molecule has 2 aromatic rings. The highest BCUT2D eigenvalue weighted by Crippen LogP contribution is 2.28. The second kappa shape index (κ2) is 8.25. The van der Waals surface area contributed by atoms with Crippen LogP contribution in [0.1, 0.15) is 25.8 Å². The minimum Gasteiger partial charge on any atom is -0.497 e. The summed E-state index contributed by atoms with van der Waals surface area (Å²) in [6.45, 7) is 5.00. The Kier molecular flexibility index (Phi) is 5.79. The average Bonchev–Trinajstić information content (AvgIpc) is 3.08. The Morgan fingerprint density at radius 2 is 1.81 bits per heavy atom. The van der Waals surface area contributed by atoms with Crippen LogP contribution < -0.4 is 9.64 Å². The zero-order valence-electron chi connectivity index (χ0n) is 16.1. The van der Waals surface area contributed by atoms with Crippen LogP contribution in [0.2, 0.25) is 0 Å². The molecule has 5 nitrogen and oxygen atoms in total. The van der Waals surface area contributed by atoms with Gasteiger partial charge in [-0.25, -0.2) is 0 Å². The second-order valence-electron chi connectivity index (χ2n) is 7.15. The van der Waals surface area contributed by atoms with E-state index in [0.29, 0.717) is 13.1 Å². The van der Waals surface area contributed by atoms with Crippen LogP contribution in [0, 0.1) is 5.92 Å². The molecule has 1 saturated heterocycles. The maximum Gasteiger partial charge on any atom is 0.228 e. The number of anilines is 1. The number of hydrogen-bond acceptors (Lipinski definition) is 3. The first-order valence-electron chi connectivity index (χ1n) is 9.28. The molecule has 0 bridgehead atoms. The number of carbonyl (C=O) groups is 2. The van der Waals surface area contributed by atoms with E-state index in [1.165, 1.54) is 0 Å². The van der Waals surface area contributed by atoms with Crippen molar-refractivity contribution in [2.75, 3.05) is 18.6 Å². The number of methoxy groups -OCH3 is 1. The molecular weight excluding hydrogens is 340 g/mol. The van der Waals surface area contributed by atoms with Gasteiger partial charge in [-0.3, -0.25) is 9.59 Å². The number of amides is 2. The van der Waals surface area contributed by atoms with E-state index in [4.69, 9.17) is 4.74 Å². The standard InChI is InChI=1S/C22H26N2O3/c1-16(2)23(14-17-7-5-4-6-8-17)22(26)18-13-21(25)24(15-18)19-9-11-20(27-3)12-10-19/h4-12,16,18H,13-15H2,1-3H3. The zero-order chi connectivity index (χ0) is 19.4. The van der Waals surface area contributed by atoms with Gasteiger partial charge in [0.1, 0.15) is 5.75 Å². The van der Waals surface area contributed by atoms with Crippen molar-refractivity contribution in [3.63, 3.8) is 0 Å². The van der Waals surface area contributed by atoms with E-state index in [9.17, 15) is 9.59 Å². The van der Waals surface area contributed by atoms with Crippen molar-refractivity contribution < 1.29 is 14.3 Å². The molecule has 1 unspecified atom stereocenters. The third kappa shape index (κ3) is 4.30. The lowest BCUT2D eigenvalue weighted by molar-refractivity contribution is -0.138. The Hall–Kier alpha value is -2.82. The Morgan fingerprint density at radius 1 is 1.15 bits per heavy atom. The summed E-state index contributed by atoms with van der Waals surface area (Å²) in [6.07, 6.45) is 0.253. The Bertz CT molecular complexity index is 787. The van der Waals surface area contributed by atoms with Crippen molar-refractivity contribution in [2.45, 2.75) is 32.9 Å². The molecule has 142 valence electrons. The number of benzene rings is 2. The van der Waals surface area contributed by atoms with Crippen molar-refractivity contribution in [3.05, 3.63) is 60.2 Å². The van der Waals surface area contributed by atoms with Crippen LogP contribution in [-0.2, 0) is 16.1 Å². The summed E-state index contributed by atoms with van der Waals surface area (Å²) in [5, 5.41) is 0. The first-order chi connectivity index (χ1) is 13.0. The van der Waals surface area contributed by atoms with Gasteiger partial charge in [0.2, 0.25) is 11.8 Å². The molecule has 3 rings (SSSR count). The number of rotatable bonds is 6. The van der Waals surface area contributed by atoms with Gasteiger partial charge in [0.15, 0.2) is 0 Å². The van der Waals surface area contributed by atoms with Crippen molar-refractivity contribution >= 4 is 17.5 Å². The molecule has 1 atom stereocenters. The van der Waals surface area contributed by atoms with Crippen LogP contribution in [0.3, 0.4) is 0 Å². The molecule has 0 radical (unpaired) electrons. The predicted molar refractivity (Wildman–Crippen MR) is 106 cm³/mol. The maximum absolute atomic E-state index is 13.1. The van der Waals surface area contributed by atoms with Gasteiger partial charge < -0.3 is 14.5 Å². The minimum atomic E-state index is -0.314. The summed E-state index contributed by atoms with van der Waals surface area (Å²) in [7, 11) is 1.61. The van der Waals surface area contributed by atoms with E-state index in [1.807, 2.05) is 73.3 Å². The predicted octanol–water partition coefficient (Wildman–Crippen LogP) is 3.49. The van der Waals surface area contributed by atoms with Crippen LogP contribution in [0.5, 0.6) is 5.75 Å². The second-order valence-corrected chi connectivity index (χ2v) is 7.15. The fourth-order valence-corrected chi connectivity index (χ4v) is 3.41. The fourth-order valence-electron chi connectivity index (χ4n) is 3.41. The third-order valence-corrected chi connectivity index (χ3v) is 4.96. The van der Waals surface area contributed by atoms with Gasteiger partial charge in [-0.15, -0.1) is 0 Å². The lowest BCUT2D eigenvalue weighted by atomic mass is 10.1. The number of hydrogen-bond donors (Lipinski definition) is 0. The van der Waals surface area contributed by atoms with E-state index in [1.54, 1.807) is 12.0 Å². The largest absolute Gasteiger partial charge is 0.497 e. The van der Waals surface area contributed by atoms with E-state index in [-0.39, 0.29) is 30.2 Å². The molecule has 0 N–H and O–H groups in total. The summed E-state index contributed by atoms with van der Waals surface area (Å²) >= 11 is 0. The zero-order valence-corrected chi connectivity index (χ0v) is 16.1. The quantitative estimate of drug-likeness (QED) is 0.786. The average molecular weight is 366 g/mol. The van der Waals surface area contributed by atoms with Gasteiger partial charge in [0.25, 0.3) is 0 Å². The molecule has 1 fully saturated rings. The fraction of sp³-hybridized carbons (Fsp3) is 0.364. The number of nitrogens with zero attached hydrogens (tertiary/aromatic N) is 2. The summed E-state index contributed by atoms with van der Waals surface area (Å²) in [6, 6.07) is 17.4. The Labute approximate surface area is 160 Å². The summed E-state index contributed by atoms with van der Waals surface area (Å²) < 4.78 is 5.17. The van der Waals surface area contributed by atoms with Gasteiger partial charge in [0, 0.05) is 31.2 Å². The highest BCUT2D eigenvalue weighted by atomic mass is 16.5. The molecule has 0 aromatic heterocycles. The van der Waals surface area contributed by atoms with Crippen LogP contribution in [0.25, 0.3) is 0 Å². The van der Waals surface area contributed by atoms with Gasteiger partial charge in [-0.05, 0) is 43.7 Å². The molecule has 1 aliphatic heterocycles. The Balaban J connectivity index is 1.72. The summed E-state index contributed by atoms with van der Waals surface area (Å²) in [4.78, 5) is 29.2. The number of ether oxygens (including phenoxy) is 1. The Morgan fingerprint density at radius 3 is 2.41 bits per heavy atom. The van der Waals surface area contributed by atoms with Crippen LogP contribution in [0.4, 0.5) is 5.69 Å². The first-order valence-corrected chi connectivity index (χ1v) is 9.28. The highest BCUT2D eigenvalue weighted by Gasteiger charge is 2.37. The summed E-state index contributed by atoms with van der Waals surface area (Å²) in [5.74, 6) is 0.456. The highest BCUT2D eigenvalue weighted by molar-refractivity contribution is 6.00. The lowest BCUT2D eigenvalue weighted by Crippen LogP contribution is -2.41. The molecule has 5 heteroatoms. The van der Waals surface area contributed by atoms with E-state index >= 15 is 0 Å². The smallest absolute Gasteiger partial charge is 0.228 e. The molecule has 0 saturated carbocycles. The molecule has 0 aliphatic carbocycles. The molecular formula is C22H26N2O3. The summed E-state index contributed by atoms with van der Waals surface area (Å²) in [5.41, 5.74) is 1.89. The van der Waals surface area contributed by atoms with Crippen LogP contribution >= 0.6 is 0 Å². The van der Waals surface area contributed by atoms with Crippen molar-refractivity contribution in [2.24, 2.45) is 5.92 Å². The molecule has 2 amide bonds. The first kappa shape index (κ1) is 19.0. The van der Waals surface area contributed by atoms with Crippen molar-refractivity contribution in [1.29, 1.82) is 0 Å². The van der Waals surface area contributed by atoms with E-state index in [0.717, 1.165) is 17.0 Å². The van der Waals surface area contributed by atoms with Crippen molar-refractivity contribution in [1.82, 2.24) is 4.90 Å². The van der Waals surface area contributed by atoms with Gasteiger partial charge in [0.05, 0.1) is 13.0 Å². The third-order valence-electron chi connectivity index (χ3n) is 4.96. The van der Waals surface area contributed by atoms with E-state index in [2.05, 4.69) is 0 Å². The van der Waals surface area contributed by atoms with E-state index < -0.39 is 0 Å². The van der Waals surface area contributed by atoms with Gasteiger partial charge >= 0.3 is 0 Å². The molecule has 27 heavy (non-hydrogen) atoms. The van der Waals surface area contributed by atoms with Gasteiger partial charge in [-0.2, -0.15) is 0 Å². The van der Waals surface area contributed by atoms with Crippen LogP contribution in [-0.4, -0.2) is 36.4 Å². The molecule has 1 aliphatic rings. The monoisotopic (exact) mass is 366 g/mol. The lowest BCUT2D eigenvalue weighted by Gasteiger charge is -2.29. The van der Waals surface area contributed by atoms with Crippen LogP contribution in [0.15, 0.2) is 54.6 Å². The molecule has 1 heterocycles. The topological polar surface area (TPSA) is 49.9 Å². The SMILES string of the molecule is COc1ccc(N2CC(C(=O)N(Cc3ccccc3)C(C)C)CC2=O)cc1. The molecule has 2 aromatic carbocycles.